The summed E-state index contributed by atoms with van der Waals surface area (Å²) in [5.74, 6) is 1.08. The molecule has 0 fully saturated rings. The van der Waals surface area contributed by atoms with Crippen molar-refractivity contribution in [1.29, 1.82) is 5.26 Å². The number of hydrogen-bond acceptors (Lipinski definition) is 4. The highest BCUT2D eigenvalue weighted by atomic mass is 16.5. The van der Waals surface area contributed by atoms with E-state index in [0.29, 0.717) is 5.56 Å². The van der Waals surface area contributed by atoms with Gasteiger partial charge in [-0.05, 0) is 29.3 Å². The minimum Gasteiger partial charge on any atom is -0.497 e. The van der Waals surface area contributed by atoms with E-state index in [9.17, 15) is 0 Å². The molecule has 3 rings (SSSR count). The van der Waals surface area contributed by atoms with Crippen molar-refractivity contribution in [3.63, 3.8) is 0 Å². The quantitative estimate of drug-likeness (QED) is 0.703. The van der Waals surface area contributed by atoms with Crippen molar-refractivity contribution in [3.8, 4) is 23.1 Å². The Morgan fingerprint density at radius 1 is 1.33 bits per heavy atom. The van der Waals surface area contributed by atoms with Crippen LogP contribution in [0, 0.1) is 11.3 Å². The molecule has 0 amide bonds. The molecule has 4 nitrogen and oxygen atoms in total. The van der Waals surface area contributed by atoms with Crippen LogP contribution in [0.5, 0.6) is 5.75 Å². The van der Waals surface area contributed by atoms with E-state index in [2.05, 4.69) is 11.1 Å². The molecule has 0 atom stereocenters. The van der Waals surface area contributed by atoms with Crippen LogP contribution in [0.1, 0.15) is 16.7 Å². The number of nitrogen functional groups attached to an aromatic ring is 1. The van der Waals surface area contributed by atoms with Crippen LogP contribution in [0.25, 0.3) is 11.3 Å². The molecule has 0 saturated heterocycles. The van der Waals surface area contributed by atoms with Crippen LogP contribution in [-0.4, -0.2) is 12.1 Å². The summed E-state index contributed by atoms with van der Waals surface area (Å²) in [7, 11) is 1.64. The number of rotatable bonds is 1. The Morgan fingerprint density at radius 2 is 2.17 bits per heavy atom. The summed E-state index contributed by atoms with van der Waals surface area (Å²) in [6, 6.07) is 9.80. The Labute approximate surface area is 105 Å². The number of ether oxygens (including phenoxy) is 1. The summed E-state index contributed by atoms with van der Waals surface area (Å²) in [5.41, 5.74) is 10.3. The summed E-state index contributed by atoms with van der Waals surface area (Å²) in [4.78, 5) is 4.34. The van der Waals surface area contributed by atoms with Gasteiger partial charge in [0.25, 0.3) is 0 Å². The van der Waals surface area contributed by atoms with Crippen LogP contribution >= 0.6 is 0 Å². The average molecular weight is 237 g/mol. The van der Waals surface area contributed by atoms with E-state index in [-0.39, 0.29) is 5.82 Å². The first-order chi connectivity index (χ1) is 8.72. The van der Waals surface area contributed by atoms with Crippen molar-refractivity contribution in [2.45, 2.75) is 6.42 Å². The van der Waals surface area contributed by atoms with Crippen LogP contribution < -0.4 is 10.5 Å². The first-order valence-corrected chi connectivity index (χ1v) is 5.59. The third-order valence-corrected chi connectivity index (χ3v) is 3.20. The van der Waals surface area contributed by atoms with Crippen LogP contribution in [-0.2, 0) is 6.42 Å². The van der Waals surface area contributed by atoms with E-state index in [4.69, 9.17) is 15.7 Å². The number of methoxy groups -OCH3 is 1. The lowest BCUT2D eigenvalue weighted by Gasteiger charge is -2.05. The largest absolute Gasteiger partial charge is 0.497 e. The van der Waals surface area contributed by atoms with Gasteiger partial charge in [0.05, 0.1) is 18.4 Å². The lowest BCUT2D eigenvalue weighted by Crippen LogP contribution is -1.97. The standard InChI is InChI=1S/C14H11N3O/c1-18-11-3-2-8-4-9-5-10(7-15)14(16)17-13(9)12(8)6-11/h2-3,5-6H,4H2,1H3,(H2,16,17). The molecule has 4 heteroatoms. The normalized spacial score (nSPS) is 11.6. The fourth-order valence-corrected chi connectivity index (χ4v) is 2.29. The predicted molar refractivity (Wildman–Crippen MR) is 68.2 cm³/mol. The highest BCUT2D eigenvalue weighted by Crippen LogP contribution is 2.38. The first-order valence-electron chi connectivity index (χ1n) is 5.59. The van der Waals surface area contributed by atoms with E-state index in [1.165, 1.54) is 5.56 Å². The molecule has 0 radical (unpaired) electrons. The second-order valence-corrected chi connectivity index (χ2v) is 4.24. The van der Waals surface area contributed by atoms with Gasteiger partial charge in [-0.1, -0.05) is 6.07 Å². The molecule has 0 saturated carbocycles. The summed E-state index contributed by atoms with van der Waals surface area (Å²) in [5, 5.41) is 8.96. The van der Waals surface area contributed by atoms with Crippen molar-refractivity contribution >= 4 is 5.82 Å². The van der Waals surface area contributed by atoms with Gasteiger partial charge in [-0.25, -0.2) is 4.98 Å². The number of hydrogen-bond donors (Lipinski definition) is 1. The number of nitriles is 1. The molecule has 1 aromatic carbocycles. The lowest BCUT2D eigenvalue weighted by molar-refractivity contribution is 0.415. The maximum Gasteiger partial charge on any atom is 0.142 e. The minimum absolute atomic E-state index is 0.284. The van der Waals surface area contributed by atoms with Crippen molar-refractivity contribution < 1.29 is 4.74 Å². The van der Waals surface area contributed by atoms with E-state index >= 15 is 0 Å². The van der Waals surface area contributed by atoms with Gasteiger partial charge in [-0.15, -0.1) is 0 Å². The zero-order valence-electron chi connectivity index (χ0n) is 9.90. The van der Waals surface area contributed by atoms with Gasteiger partial charge in [0.15, 0.2) is 0 Å². The molecule has 1 heterocycles. The molecular formula is C14H11N3O. The van der Waals surface area contributed by atoms with Gasteiger partial charge < -0.3 is 10.5 Å². The van der Waals surface area contributed by atoms with Crippen LogP contribution in [0.15, 0.2) is 24.3 Å². The Balaban J connectivity index is 2.21. The van der Waals surface area contributed by atoms with Gasteiger partial charge >= 0.3 is 0 Å². The van der Waals surface area contributed by atoms with Crippen LogP contribution in [0.3, 0.4) is 0 Å². The fourth-order valence-electron chi connectivity index (χ4n) is 2.29. The van der Waals surface area contributed by atoms with Gasteiger partial charge in [0.1, 0.15) is 17.6 Å². The molecule has 0 unspecified atom stereocenters. The number of anilines is 1. The molecule has 18 heavy (non-hydrogen) atoms. The average Bonchev–Trinajstić information content (AvgIpc) is 2.74. The Bertz CT molecular complexity index is 686. The minimum atomic E-state index is 0.284. The first kappa shape index (κ1) is 10.6. The highest BCUT2D eigenvalue weighted by Gasteiger charge is 2.22. The topological polar surface area (TPSA) is 71.9 Å². The molecular weight excluding hydrogens is 226 g/mol. The van der Waals surface area contributed by atoms with E-state index in [1.54, 1.807) is 7.11 Å². The third kappa shape index (κ3) is 1.41. The molecule has 88 valence electrons. The number of benzene rings is 1. The molecule has 0 bridgehead atoms. The second-order valence-electron chi connectivity index (χ2n) is 4.24. The second kappa shape index (κ2) is 3.74. The number of nitrogens with zero attached hydrogens (tertiary/aromatic N) is 2. The fraction of sp³-hybridized carbons (Fsp3) is 0.143. The molecule has 0 spiro atoms. The van der Waals surface area contributed by atoms with E-state index in [0.717, 1.165) is 29.0 Å². The lowest BCUT2D eigenvalue weighted by atomic mass is 10.1. The Morgan fingerprint density at radius 3 is 2.89 bits per heavy atom. The number of fused-ring (bicyclic) bond motifs is 3. The highest BCUT2D eigenvalue weighted by molar-refractivity contribution is 5.77. The summed E-state index contributed by atoms with van der Waals surface area (Å²) < 4.78 is 5.22. The van der Waals surface area contributed by atoms with E-state index < -0.39 is 0 Å². The monoisotopic (exact) mass is 237 g/mol. The summed E-state index contributed by atoms with van der Waals surface area (Å²) in [6.07, 6.45) is 0.788. The molecule has 1 aromatic heterocycles. The molecule has 2 N–H and O–H groups in total. The number of nitrogens with two attached hydrogens (primary N) is 1. The van der Waals surface area contributed by atoms with Crippen molar-refractivity contribution in [3.05, 3.63) is 41.0 Å². The Hall–Kier alpha value is -2.54. The summed E-state index contributed by atoms with van der Waals surface area (Å²) >= 11 is 0. The maximum absolute atomic E-state index is 8.96. The Kier molecular flexibility index (Phi) is 2.20. The molecule has 2 aromatic rings. The van der Waals surface area contributed by atoms with Gasteiger partial charge in [0, 0.05) is 12.0 Å². The van der Waals surface area contributed by atoms with E-state index in [1.807, 2.05) is 24.3 Å². The molecule has 0 aliphatic heterocycles. The van der Waals surface area contributed by atoms with Crippen LogP contribution in [0.4, 0.5) is 5.82 Å². The number of aromatic nitrogens is 1. The predicted octanol–water partition coefficient (Wildman–Crippen LogP) is 2.12. The SMILES string of the molecule is COc1ccc2c(c1)-c1nc(N)c(C#N)cc1C2. The zero-order valence-corrected chi connectivity index (χ0v) is 9.90. The van der Waals surface area contributed by atoms with Crippen molar-refractivity contribution in [2.24, 2.45) is 0 Å². The van der Waals surface area contributed by atoms with Gasteiger partial charge in [-0.2, -0.15) is 5.26 Å². The molecule has 1 aliphatic rings. The zero-order chi connectivity index (χ0) is 12.7. The van der Waals surface area contributed by atoms with Crippen molar-refractivity contribution in [1.82, 2.24) is 4.98 Å². The summed E-state index contributed by atoms with van der Waals surface area (Å²) in [6.45, 7) is 0. The maximum atomic E-state index is 8.96. The molecule has 1 aliphatic carbocycles. The van der Waals surface area contributed by atoms with Crippen LogP contribution in [0.2, 0.25) is 0 Å². The number of pyridine rings is 1. The van der Waals surface area contributed by atoms with Gasteiger partial charge in [-0.3, -0.25) is 0 Å². The smallest absolute Gasteiger partial charge is 0.142 e. The van der Waals surface area contributed by atoms with Gasteiger partial charge in [0.2, 0.25) is 0 Å². The third-order valence-electron chi connectivity index (χ3n) is 3.20. The van der Waals surface area contributed by atoms with Crippen molar-refractivity contribution in [2.75, 3.05) is 12.8 Å².